The van der Waals surface area contributed by atoms with E-state index >= 15 is 0 Å². The quantitative estimate of drug-likeness (QED) is 0.442. The van der Waals surface area contributed by atoms with Crippen LogP contribution in [0.5, 0.6) is 0 Å². The molecule has 29 heavy (non-hydrogen) atoms. The fourth-order valence-corrected chi connectivity index (χ4v) is 3.14. The Balaban J connectivity index is 1.58. The van der Waals surface area contributed by atoms with Crippen molar-refractivity contribution < 1.29 is 9.21 Å². The highest BCUT2D eigenvalue weighted by atomic mass is 35.5. The highest BCUT2D eigenvalue weighted by Crippen LogP contribution is 2.28. The number of furan rings is 1. The summed E-state index contributed by atoms with van der Waals surface area (Å²) in [6.45, 7) is 4.39. The summed E-state index contributed by atoms with van der Waals surface area (Å²) < 4.78 is 5.52. The van der Waals surface area contributed by atoms with Gasteiger partial charge in [-0.1, -0.05) is 47.5 Å². The van der Waals surface area contributed by atoms with E-state index in [4.69, 9.17) is 16.0 Å². The number of fused-ring (bicyclic) bond motifs is 1. The first kappa shape index (κ1) is 19.0. The maximum Gasteiger partial charge on any atom is 0.270 e. The van der Waals surface area contributed by atoms with Crippen molar-refractivity contribution in [3.8, 4) is 0 Å². The molecule has 5 nitrogen and oxygen atoms in total. The van der Waals surface area contributed by atoms with Gasteiger partial charge in [-0.15, -0.1) is 0 Å². The lowest BCUT2D eigenvalue weighted by atomic mass is 10.1. The number of aryl methyl sites for hydroxylation is 2. The van der Waals surface area contributed by atoms with Crippen LogP contribution < -0.4 is 10.6 Å². The number of amides is 1. The standard InChI is InChI=1S/C23H20ClN3O2/c1-14-3-6-16(7-4-14)13-25-23(28)20-12-21-18(9-10-29-21)22(27-20)26-17-8-5-15(2)19(24)11-17/h3-12H,13H2,1-2H3,(H,25,28)(H,26,27). The number of carbonyl (C=O) groups excluding carboxylic acids is 1. The number of nitrogens with one attached hydrogen (secondary N) is 2. The van der Waals surface area contributed by atoms with Gasteiger partial charge in [-0.05, 0) is 43.2 Å². The van der Waals surface area contributed by atoms with Crippen molar-refractivity contribution in [2.75, 3.05) is 5.32 Å². The molecule has 0 aliphatic heterocycles. The SMILES string of the molecule is Cc1ccc(CNC(=O)c2cc3occc3c(Nc3ccc(C)c(Cl)c3)n2)cc1. The average Bonchev–Trinajstić information content (AvgIpc) is 3.19. The summed E-state index contributed by atoms with van der Waals surface area (Å²) >= 11 is 6.23. The molecule has 0 aliphatic carbocycles. The van der Waals surface area contributed by atoms with Gasteiger partial charge in [0.15, 0.2) is 0 Å². The van der Waals surface area contributed by atoms with Crippen molar-refractivity contribution in [2.45, 2.75) is 20.4 Å². The second-order valence-electron chi connectivity index (χ2n) is 6.95. The minimum Gasteiger partial charge on any atom is -0.464 e. The first-order chi connectivity index (χ1) is 14.0. The van der Waals surface area contributed by atoms with Crippen molar-refractivity contribution in [2.24, 2.45) is 0 Å². The molecule has 0 radical (unpaired) electrons. The second-order valence-corrected chi connectivity index (χ2v) is 7.35. The zero-order valence-electron chi connectivity index (χ0n) is 16.1. The lowest BCUT2D eigenvalue weighted by molar-refractivity contribution is 0.0946. The molecule has 6 heteroatoms. The Morgan fingerprint density at radius 2 is 1.86 bits per heavy atom. The van der Waals surface area contributed by atoms with Crippen LogP contribution >= 0.6 is 11.6 Å². The molecule has 0 spiro atoms. The summed E-state index contributed by atoms with van der Waals surface area (Å²) in [7, 11) is 0. The lowest BCUT2D eigenvalue weighted by Gasteiger charge is -2.11. The minimum absolute atomic E-state index is 0.270. The Morgan fingerprint density at radius 1 is 1.07 bits per heavy atom. The van der Waals surface area contributed by atoms with E-state index in [2.05, 4.69) is 15.6 Å². The van der Waals surface area contributed by atoms with Crippen molar-refractivity contribution in [3.63, 3.8) is 0 Å². The van der Waals surface area contributed by atoms with E-state index in [9.17, 15) is 4.79 Å². The molecule has 0 unspecified atom stereocenters. The zero-order valence-corrected chi connectivity index (χ0v) is 16.9. The molecule has 2 aromatic heterocycles. The van der Waals surface area contributed by atoms with Crippen LogP contribution in [0.15, 0.2) is 65.3 Å². The van der Waals surface area contributed by atoms with Gasteiger partial charge in [-0.2, -0.15) is 0 Å². The predicted molar refractivity (Wildman–Crippen MR) is 116 cm³/mol. The third-order valence-corrected chi connectivity index (χ3v) is 5.10. The summed E-state index contributed by atoms with van der Waals surface area (Å²) in [6.07, 6.45) is 1.58. The summed E-state index contributed by atoms with van der Waals surface area (Å²) in [5.74, 6) is 0.269. The molecule has 0 fully saturated rings. The third kappa shape index (κ3) is 4.25. The molecule has 2 heterocycles. The molecule has 146 valence electrons. The summed E-state index contributed by atoms with van der Waals surface area (Å²) in [6, 6.07) is 17.1. The molecule has 2 aromatic carbocycles. The molecule has 0 aliphatic rings. The van der Waals surface area contributed by atoms with Crippen molar-refractivity contribution in [3.05, 3.63) is 88.3 Å². The number of carbonyl (C=O) groups is 1. The van der Waals surface area contributed by atoms with Crippen LogP contribution in [0.25, 0.3) is 11.0 Å². The van der Waals surface area contributed by atoms with E-state index in [1.807, 2.05) is 62.4 Å². The lowest BCUT2D eigenvalue weighted by Crippen LogP contribution is -2.24. The van der Waals surface area contributed by atoms with Crippen LogP contribution in [-0.2, 0) is 6.54 Å². The average molecular weight is 406 g/mol. The number of nitrogens with zero attached hydrogens (tertiary/aromatic N) is 1. The van der Waals surface area contributed by atoms with E-state index < -0.39 is 0 Å². The Hall–Kier alpha value is -3.31. The Labute approximate surface area is 173 Å². The van der Waals surface area contributed by atoms with Gasteiger partial charge in [0, 0.05) is 23.3 Å². The Bertz CT molecular complexity index is 1180. The van der Waals surface area contributed by atoms with E-state index in [0.29, 0.717) is 23.0 Å². The van der Waals surface area contributed by atoms with Crippen LogP contribution in [-0.4, -0.2) is 10.9 Å². The van der Waals surface area contributed by atoms with Crippen LogP contribution in [0.4, 0.5) is 11.5 Å². The number of hydrogen-bond donors (Lipinski definition) is 2. The number of anilines is 2. The number of benzene rings is 2. The van der Waals surface area contributed by atoms with Crippen LogP contribution in [0.1, 0.15) is 27.2 Å². The molecule has 0 atom stereocenters. The molecule has 4 rings (SSSR count). The highest BCUT2D eigenvalue weighted by Gasteiger charge is 2.14. The summed E-state index contributed by atoms with van der Waals surface area (Å²) in [5.41, 5.74) is 4.84. The normalized spacial score (nSPS) is 10.9. The molecule has 0 bridgehead atoms. The largest absolute Gasteiger partial charge is 0.464 e. The first-order valence-electron chi connectivity index (χ1n) is 9.25. The first-order valence-corrected chi connectivity index (χ1v) is 9.62. The molecule has 0 saturated carbocycles. The summed E-state index contributed by atoms with van der Waals surface area (Å²) in [4.78, 5) is 17.2. The second kappa shape index (κ2) is 7.97. The van der Waals surface area contributed by atoms with Crippen LogP contribution in [0.3, 0.4) is 0 Å². The predicted octanol–water partition coefficient (Wildman–Crippen LogP) is 5.77. The van der Waals surface area contributed by atoms with E-state index in [1.54, 1.807) is 12.3 Å². The van der Waals surface area contributed by atoms with Gasteiger partial charge in [-0.25, -0.2) is 4.98 Å². The Morgan fingerprint density at radius 3 is 2.62 bits per heavy atom. The van der Waals surface area contributed by atoms with E-state index in [-0.39, 0.29) is 11.6 Å². The van der Waals surface area contributed by atoms with Gasteiger partial charge in [0.05, 0.1) is 11.6 Å². The highest BCUT2D eigenvalue weighted by molar-refractivity contribution is 6.31. The van der Waals surface area contributed by atoms with Crippen LogP contribution in [0.2, 0.25) is 5.02 Å². The number of rotatable bonds is 5. The fraction of sp³-hybridized carbons (Fsp3) is 0.130. The van der Waals surface area contributed by atoms with Gasteiger partial charge >= 0.3 is 0 Å². The molecule has 4 aromatic rings. The van der Waals surface area contributed by atoms with E-state index in [0.717, 1.165) is 22.2 Å². The van der Waals surface area contributed by atoms with Gasteiger partial charge in [0.1, 0.15) is 17.1 Å². The number of hydrogen-bond acceptors (Lipinski definition) is 4. The maximum atomic E-state index is 12.7. The van der Waals surface area contributed by atoms with Crippen molar-refractivity contribution in [1.29, 1.82) is 0 Å². The van der Waals surface area contributed by atoms with Gasteiger partial charge < -0.3 is 15.1 Å². The molecule has 2 N–H and O–H groups in total. The molecular formula is C23H20ClN3O2. The third-order valence-electron chi connectivity index (χ3n) is 4.69. The maximum absolute atomic E-state index is 12.7. The number of pyridine rings is 1. The summed E-state index contributed by atoms with van der Waals surface area (Å²) in [5, 5.41) is 7.59. The van der Waals surface area contributed by atoms with Gasteiger partial charge in [0.2, 0.25) is 0 Å². The van der Waals surface area contributed by atoms with Crippen LogP contribution in [0, 0.1) is 13.8 Å². The number of halogens is 1. The minimum atomic E-state index is -0.270. The van der Waals surface area contributed by atoms with E-state index in [1.165, 1.54) is 5.56 Å². The fourth-order valence-electron chi connectivity index (χ4n) is 2.96. The smallest absolute Gasteiger partial charge is 0.270 e. The van der Waals surface area contributed by atoms with Crippen molar-refractivity contribution >= 4 is 40.0 Å². The molecule has 0 saturated heterocycles. The van der Waals surface area contributed by atoms with Gasteiger partial charge in [-0.3, -0.25) is 4.79 Å². The van der Waals surface area contributed by atoms with Gasteiger partial charge in [0.25, 0.3) is 5.91 Å². The molecular weight excluding hydrogens is 386 g/mol. The molecule has 1 amide bonds. The zero-order chi connectivity index (χ0) is 20.4. The number of aromatic nitrogens is 1. The Kier molecular flexibility index (Phi) is 5.23. The topological polar surface area (TPSA) is 67.2 Å². The van der Waals surface area contributed by atoms with Crippen molar-refractivity contribution in [1.82, 2.24) is 10.3 Å². The monoisotopic (exact) mass is 405 g/mol.